The molecule has 0 aliphatic heterocycles. The van der Waals surface area contributed by atoms with E-state index in [0.717, 1.165) is 12.1 Å². The summed E-state index contributed by atoms with van der Waals surface area (Å²) in [5.41, 5.74) is -1.44. The summed E-state index contributed by atoms with van der Waals surface area (Å²) in [4.78, 5) is 23.5. The van der Waals surface area contributed by atoms with Gasteiger partial charge in [-0.25, -0.2) is 0 Å². The number of benzene rings is 2. The van der Waals surface area contributed by atoms with Gasteiger partial charge < -0.3 is 20.1 Å². The summed E-state index contributed by atoms with van der Waals surface area (Å²) in [7, 11) is 1.39. The summed E-state index contributed by atoms with van der Waals surface area (Å²) >= 11 is 0. The van der Waals surface area contributed by atoms with Crippen molar-refractivity contribution in [2.75, 3.05) is 24.4 Å². The van der Waals surface area contributed by atoms with E-state index in [0.29, 0.717) is 12.4 Å². The van der Waals surface area contributed by atoms with Crippen molar-refractivity contribution < 1.29 is 32.2 Å². The van der Waals surface area contributed by atoms with Gasteiger partial charge in [-0.05, 0) is 43.3 Å². The molecule has 0 aliphatic carbocycles. The predicted octanol–water partition coefficient (Wildman–Crippen LogP) is 4.32. The maximum Gasteiger partial charge on any atom is 0.418 e. The van der Waals surface area contributed by atoms with Crippen LogP contribution < -0.4 is 20.1 Å². The number of methoxy groups -OCH3 is 1. The van der Waals surface area contributed by atoms with E-state index in [2.05, 4.69) is 10.6 Å². The number of anilines is 2. The van der Waals surface area contributed by atoms with Gasteiger partial charge in [-0.1, -0.05) is 0 Å². The molecule has 0 heterocycles. The number of carbonyl (C=O) groups excluding carboxylic acids is 2. The molecule has 0 atom stereocenters. The number of nitrogens with one attached hydrogen (secondary N) is 2. The molecule has 2 rings (SSSR count). The van der Waals surface area contributed by atoms with Crippen LogP contribution in [0.2, 0.25) is 0 Å². The molecule has 150 valence electrons. The molecular formula is C19H19F3N2O4. The molecule has 6 nitrogen and oxygen atoms in total. The Labute approximate surface area is 159 Å². The molecule has 2 amide bonds. The van der Waals surface area contributed by atoms with Gasteiger partial charge in [-0.3, -0.25) is 9.59 Å². The van der Waals surface area contributed by atoms with E-state index < -0.39 is 29.2 Å². The summed E-state index contributed by atoms with van der Waals surface area (Å²) in [6.45, 7) is 3.35. The zero-order valence-corrected chi connectivity index (χ0v) is 15.4. The third-order valence-corrected chi connectivity index (χ3v) is 3.62. The Balaban J connectivity index is 2.34. The van der Waals surface area contributed by atoms with Gasteiger partial charge in [0.15, 0.2) is 11.5 Å². The molecule has 9 heteroatoms. The van der Waals surface area contributed by atoms with Crippen LogP contribution in [-0.4, -0.2) is 25.5 Å². The number of amides is 2. The quantitative estimate of drug-likeness (QED) is 0.762. The SMILES string of the molecule is CCOc1ccc(C(=O)Nc2ccc(NC(C)=O)cc2C(F)(F)F)cc1OC. The Bertz CT molecular complexity index is 882. The van der Waals surface area contributed by atoms with E-state index in [1.807, 2.05) is 0 Å². The van der Waals surface area contributed by atoms with Crippen LogP contribution in [0, 0.1) is 0 Å². The van der Waals surface area contributed by atoms with Crippen molar-refractivity contribution in [2.45, 2.75) is 20.0 Å². The Morgan fingerprint density at radius 1 is 1.04 bits per heavy atom. The van der Waals surface area contributed by atoms with Crippen molar-refractivity contribution in [1.82, 2.24) is 0 Å². The lowest BCUT2D eigenvalue weighted by molar-refractivity contribution is -0.137. The molecule has 28 heavy (non-hydrogen) atoms. The van der Waals surface area contributed by atoms with E-state index in [-0.39, 0.29) is 17.0 Å². The van der Waals surface area contributed by atoms with E-state index in [9.17, 15) is 22.8 Å². The molecule has 2 aromatic rings. The van der Waals surface area contributed by atoms with Gasteiger partial charge in [-0.2, -0.15) is 13.2 Å². The molecule has 0 fully saturated rings. The minimum Gasteiger partial charge on any atom is -0.493 e. The molecule has 0 saturated heterocycles. The number of ether oxygens (including phenoxy) is 2. The summed E-state index contributed by atoms with van der Waals surface area (Å²) < 4.78 is 50.6. The normalized spacial score (nSPS) is 10.9. The van der Waals surface area contributed by atoms with Crippen molar-refractivity contribution in [3.05, 3.63) is 47.5 Å². The molecule has 0 bridgehead atoms. The van der Waals surface area contributed by atoms with E-state index >= 15 is 0 Å². The zero-order valence-electron chi connectivity index (χ0n) is 15.4. The average molecular weight is 396 g/mol. The fraction of sp³-hybridized carbons (Fsp3) is 0.263. The molecule has 0 saturated carbocycles. The van der Waals surface area contributed by atoms with E-state index in [4.69, 9.17) is 9.47 Å². The Morgan fingerprint density at radius 2 is 1.75 bits per heavy atom. The van der Waals surface area contributed by atoms with Crippen molar-refractivity contribution in [3.8, 4) is 11.5 Å². The highest BCUT2D eigenvalue weighted by molar-refractivity contribution is 6.05. The summed E-state index contributed by atoms with van der Waals surface area (Å²) in [6, 6.07) is 7.40. The topological polar surface area (TPSA) is 76.7 Å². The fourth-order valence-corrected chi connectivity index (χ4v) is 2.45. The minimum absolute atomic E-state index is 0.0273. The molecule has 0 spiro atoms. The van der Waals surface area contributed by atoms with Crippen LogP contribution in [0.1, 0.15) is 29.8 Å². The number of carbonyl (C=O) groups is 2. The summed E-state index contributed by atoms with van der Waals surface area (Å²) in [6.07, 6.45) is -4.73. The number of hydrogen-bond donors (Lipinski definition) is 2. The third kappa shape index (κ3) is 5.15. The maximum atomic E-state index is 13.4. The average Bonchev–Trinajstić information content (AvgIpc) is 2.62. The second kappa shape index (κ2) is 8.64. The van der Waals surface area contributed by atoms with Crippen molar-refractivity contribution in [1.29, 1.82) is 0 Å². The molecule has 2 N–H and O–H groups in total. The number of rotatable bonds is 6. The van der Waals surface area contributed by atoms with Crippen LogP contribution in [0.3, 0.4) is 0 Å². The maximum absolute atomic E-state index is 13.4. The first-order valence-corrected chi connectivity index (χ1v) is 8.26. The van der Waals surface area contributed by atoms with Crippen LogP contribution in [0.15, 0.2) is 36.4 Å². The summed E-state index contributed by atoms with van der Waals surface area (Å²) in [5, 5.41) is 4.53. The monoisotopic (exact) mass is 396 g/mol. The van der Waals surface area contributed by atoms with Crippen molar-refractivity contribution in [3.63, 3.8) is 0 Å². The largest absolute Gasteiger partial charge is 0.493 e. The number of alkyl halides is 3. The second-order valence-corrected chi connectivity index (χ2v) is 5.69. The molecule has 0 radical (unpaired) electrons. The van der Waals surface area contributed by atoms with Gasteiger partial charge in [0, 0.05) is 18.2 Å². The first kappa shape index (κ1) is 21.1. The molecule has 0 aromatic heterocycles. The lowest BCUT2D eigenvalue weighted by atomic mass is 10.1. The van der Waals surface area contributed by atoms with Crippen molar-refractivity contribution >= 4 is 23.2 Å². The Morgan fingerprint density at radius 3 is 2.32 bits per heavy atom. The molecular weight excluding hydrogens is 377 g/mol. The van der Waals surface area contributed by atoms with E-state index in [1.54, 1.807) is 6.92 Å². The predicted molar refractivity (Wildman–Crippen MR) is 97.9 cm³/mol. The Hall–Kier alpha value is -3.23. The van der Waals surface area contributed by atoms with Gasteiger partial charge in [0.2, 0.25) is 5.91 Å². The van der Waals surface area contributed by atoms with Crippen LogP contribution in [0.4, 0.5) is 24.5 Å². The number of hydrogen-bond acceptors (Lipinski definition) is 4. The van der Waals surface area contributed by atoms with Crippen LogP contribution >= 0.6 is 0 Å². The molecule has 0 unspecified atom stereocenters. The second-order valence-electron chi connectivity index (χ2n) is 5.69. The highest BCUT2D eigenvalue weighted by atomic mass is 19.4. The molecule has 2 aromatic carbocycles. The lowest BCUT2D eigenvalue weighted by Crippen LogP contribution is -2.17. The van der Waals surface area contributed by atoms with Crippen LogP contribution in [0.25, 0.3) is 0 Å². The van der Waals surface area contributed by atoms with Gasteiger partial charge in [-0.15, -0.1) is 0 Å². The Kier molecular flexibility index (Phi) is 6.50. The molecule has 0 aliphatic rings. The van der Waals surface area contributed by atoms with Gasteiger partial charge in [0.05, 0.1) is 25.0 Å². The van der Waals surface area contributed by atoms with E-state index in [1.165, 1.54) is 38.3 Å². The lowest BCUT2D eigenvalue weighted by Gasteiger charge is -2.16. The highest BCUT2D eigenvalue weighted by Crippen LogP contribution is 2.37. The van der Waals surface area contributed by atoms with Gasteiger partial charge in [0.1, 0.15) is 0 Å². The fourth-order valence-electron chi connectivity index (χ4n) is 2.45. The number of halogens is 3. The zero-order chi connectivity index (χ0) is 20.9. The first-order chi connectivity index (χ1) is 13.2. The smallest absolute Gasteiger partial charge is 0.418 e. The van der Waals surface area contributed by atoms with Gasteiger partial charge in [0.25, 0.3) is 5.91 Å². The van der Waals surface area contributed by atoms with Crippen LogP contribution in [0.5, 0.6) is 11.5 Å². The third-order valence-electron chi connectivity index (χ3n) is 3.62. The van der Waals surface area contributed by atoms with Crippen molar-refractivity contribution in [2.24, 2.45) is 0 Å². The minimum atomic E-state index is -4.73. The van der Waals surface area contributed by atoms with Crippen LogP contribution in [-0.2, 0) is 11.0 Å². The standard InChI is InChI=1S/C19H19F3N2O4/c1-4-28-16-8-5-12(9-17(16)27-3)18(26)24-15-7-6-13(23-11(2)25)10-14(15)19(20,21)22/h5-10H,4H2,1-3H3,(H,23,25)(H,24,26). The highest BCUT2D eigenvalue weighted by Gasteiger charge is 2.34. The van der Waals surface area contributed by atoms with Gasteiger partial charge >= 0.3 is 6.18 Å². The first-order valence-electron chi connectivity index (χ1n) is 8.26. The summed E-state index contributed by atoms with van der Waals surface area (Å²) in [5.74, 6) is -0.561.